The highest BCUT2D eigenvalue weighted by Crippen LogP contribution is 2.44. The molecule has 2 heterocycles. The number of rotatable bonds is 7. The number of anilines is 1. The van der Waals surface area contributed by atoms with E-state index in [0.717, 1.165) is 6.26 Å². The van der Waals surface area contributed by atoms with Crippen molar-refractivity contribution in [3.8, 4) is 17.0 Å². The number of halogens is 5. The van der Waals surface area contributed by atoms with Gasteiger partial charge < -0.3 is 15.4 Å². The molecular formula is C26H23F5N4O5S. The van der Waals surface area contributed by atoms with Gasteiger partial charge in [-0.25, -0.2) is 17.2 Å². The third-order valence-electron chi connectivity index (χ3n) is 6.85. The van der Waals surface area contributed by atoms with Crippen LogP contribution in [0.5, 0.6) is 5.75 Å². The van der Waals surface area contributed by atoms with Crippen molar-refractivity contribution in [2.45, 2.75) is 37.5 Å². The first-order chi connectivity index (χ1) is 19.1. The van der Waals surface area contributed by atoms with Crippen LogP contribution in [0.4, 0.5) is 27.6 Å². The molecule has 0 bridgehead atoms. The molecule has 2 N–H and O–H groups in total. The molecule has 2 amide bonds. The van der Waals surface area contributed by atoms with Gasteiger partial charge in [0.15, 0.2) is 22.1 Å². The summed E-state index contributed by atoms with van der Waals surface area (Å²) in [5.74, 6) is -2.39. The first kappa shape index (κ1) is 28.5. The van der Waals surface area contributed by atoms with Crippen LogP contribution in [0.1, 0.15) is 40.0 Å². The molecule has 9 nitrogen and oxygen atoms in total. The summed E-state index contributed by atoms with van der Waals surface area (Å²) in [6, 6.07) is 9.51. The zero-order valence-corrected chi connectivity index (χ0v) is 22.2. The summed E-state index contributed by atoms with van der Waals surface area (Å²) in [7, 11) is -3.72. The smallest absolute Gasteiger partial charge is 0.422 e. The van der Waals surface area contributed by atoms with Crippen LogP contribution in [0.15, 0.2) is 42.5 Å². The van der Waals surface area contributed by atoms with E-state index in [2.05, 4.69) is 15.7 Å². The van der Waals surface area contributed by atoms with Crippen LogP contribution in [0.25, 0.3) is 11.3 Å². The highest BCUT2D eigenvalue weighted by molar-refractivity contribution is 7.91. The molecular weight excluding hydrogens is 575 g/mol. The number of benzene rings is 2. The molecule has 1 spiro atoms. The summed E-state index contributed by atoms with van der Waals surface area (Å²) >= 11 is 0. The predicted octanol–water partition coefficient (Wildman–Crippen LogP) is 4.00. The van der Waals surface area contributed by atoms with Crippen molar-refractivity contribution in [3.63, 3.8) is 0 Å². The maximum absolute atomic E-state index is 13.5. The van der Waals surface area contributed by atoms with Gasteiger partial charge in [0.2, 0.25) is 5.91 Å². The fourth-order valence-electron chi connectivity index (χ4n) is 5.17. The van der Waals surface area contributed by atoms with Crippen LogP contribution >= 0.6 is 0 Å². The maximum atomic E-state index is 13.5. The van der Waals surface area contributed by atoms with E-state index in [-0.39, 0.29) is 34.9 Å². The molecule has 1 aliphatic carbocycles. The number of aromatic nitrogens is 2. The molecule has 41 heavy (non-hydrogen) atoms. The van der Waals surface area contributed by atoms with E-state index < -0.39 is 52.2 Å². The first-order valence-electron chi connectivity index (χ1n) is 12.3. The standard InChI is InChI=1S/C26H23F5N4O5S/c1-41(38,39)11-19(36)32-21-20(14-2-4-15(5-3-14)23(27)28)34-35-12-25(33-24(37)22(21)35)9-8-16-10-17(6-7-18(16)25)40-13-26(29,30)31/h2-7,10,23H,8-9,11-13H2,1H3,(H,32,36)(H,33,37)/t25-/m1/s1. The van der Waals surface area contributed by atoms with E-state index in [1.54, 1.807) is 6.07 Å². The number of hydrogen-bond acceptors (Lipinski definition) is 6. The molecule has 1 atom stereocenters. The number of ether oxygens (including phenoxy) is 1. The molecule has 1 aromatic heterocycles. The van der Waals surface area contributed by atoms with Crippen molar-refractivity contribution >= 4 is 27.3 Å². The molecule has 2 aromatic carbocycles. The van der Waals surface area contributed by atoms with Crippen LogP contribution in [0.2, 0.25) is 0 Å². The van der Waals surface area contributed by atoms with Gasteiger partial charge in [0, 0.05) is 17.4 Å². The number of hydrogen-bond donors (Lipinski definition) is 2. The number of amides is 2. The van der Waals surface area contributed by atoms with Crippen LogP contribution in [0, 0.1) is 0 Å². The summed E-state index contributed by atoms with van der Waals surface area (Å²) in [4.78, 5) is 26.1. The second kappa shape index (κ2) is 10.1. The minimum Gasteiger partial charge on any atom is -0.484 e. The second-order valence-electron chi connectivity index (χ2n) is 10.0. The van der Waals surface area contributed by atoms with Gasteiger partial charge in [0.1, 0.15) is 22.9 Å². The number of carbonyl (C=O) groups excluding carboxylic acids is 2. The molecule has 0 saturated heterocycles. The van der Waals surface area contributed by atoms with Crippen molar-refractivity contribution in [2.24, 2.45) is 0 Å². The number of carbonyl (C=O) groups is 2. The number of nitrogens with one attached hydrogen (secondary N) is 2. The Morgan fingerprint density at radius 1 is 1.20 bits per heavy atom. The Morgan fingerprint density at radius 3 is 2.54 bits per heavy atom. The summed E-state index contributed by atoms with van der Waals surface area (Å²) in [5, 5.41) is 9.91. The van der Waals surface area contributed by atoms with E-state index >= 15 is 0 Å². The van der Waals surface area contributed by atoms with Gasteiger partial charge in [0.05, 0.1) is 12.1 Å². The van der Waals surface area contributed by atoms with E-state index in [1.807, 2.05) is 0 Å². The lowest BCUT2D eigenvalue weighted by Gasteiger charge is -2.36. The normalized spacial score (nSPS) is 18.3. The average Bonchev–Trinajstić information content (AvgIpc) is 3.39. The SMILES string of the molecule is CS(=O)(=O)CC(=O)Nc1c(-c2ccc(C(F)F)cc2)nn2c1C(=O)N[C@]1(CCc3cc(OCC(F)(F)F)ccc31)C2. The molecule has 15 heteroatoms. The monoisotopic (exact) mass is 598 g/mol. The van der Waals surface area contributed by atoms with Gasteiger partial charge >= 0.3 is 6.18 Å². The zero-order chi connectivity index (χ0) is 29.7. The predicted molar refractivity (Wildman–Crippen MR) is 136 cm³/mol. The largest absolute Gasteiger partial charge is 0.484 e. The molecule has 0 saturated carbocycles. The minimum absolute atomic E-state index is 0.0328. The zero-order valence-electron chi connectivity index (χ0n) is 21.4. The first-order valence-corrected chi connectivity index (χ1v) is 14.3. The second-order valence-corrected chi connectivity index (χ2v) is 12.2. The third-order valence-corrected chi connectivity index (χ3v) is 7.64. The van der Waals surface area contributed by atoms with E-state index in [0.29, 0.717) is 29.5 Å². The van der Waals surface area contributed by atoms with Crippen molar-refractivity contribution in [3.05, 3.63) is 64.8 Å². The number of alkyl halides is 5. The Morgan fingerprint density at radius 2 is 1.90 bits per heavy atom. The van der Waals surface area contributed by atoms with E-state index in [9.17, 15) is 40.0 Å². The third kappa shape index (κ3) is 5.89. The minimum atomic E-state index is -4.50. The highest BCUT2D eigenvalue weighted by atomic mass is 32.2. The molecule has 3 aromatic rings. The van der Waals surface area contributed by atoms with Gasteiger partial charge in [-0.05, 0) is 36.1 Å². The summed E-state index contributed by atoms with van der Waals surface area (Å²) in [6.45, 7) is -1.37. The molecule has 218 valence electrons. The van der Waals surface area contributed by atoms with E-state index in [1.165, 1.54) is 41.1 Å². The Labute approximate surface area is 230 Å². The van der Waals surface area contributed by atoms with Crippen molar-refractivity contribution in [1.29, 1.82) is 0 Å². The Kier molecular flexibility index (Phi) is 7.04. The Bertz CT molecular complexity index is 1640. The van der Waals surface area contributed by atoms with Crippen LogP contribution in [0.3, 0.4) is 0 Å². The fourth-order valence-corrected chi connectivity index (χ4v) is 5.72. The molecule has 5 rings (SSSR count). The lowest BCUT2D eigenvalue weighted by Crippen LogP contribution is -2.52. The maximum Gasteiger partial charge on any atom is 0.422 e. The van der Waals surface area contributed by atoms with Gasteiger partial charge in [0.25, 0.3) is 12.3 Å². The lowest BCUT2D eigenvalue weighted by atomic mass is 9.89. The van der Waals surface area contributed by atoms with Gasteiger partial charge in [-0.15, -0.1) is 0 Å². The Balaban J connectivity index is 1.52. The van der Waals surface area contributed by atoms with Gasteiger partial charge in [-0.2, -0.15) is 18.3 Å². The lowest BCUT2D eigenvalue weighted by molar-refractivity contribution is -0.153. The van der Waals surface area contributed by atoms with E-state index in [4.69, 9.17) is 4.74 Å². The van der Waals surface area contributed by atoms with Gasteiger partial charge in [-0.1, -0.05) is 30.3 Å². The summed E-state index contributed by atoms with van der Waals surface area (Å²) < 4.78 is 93.6. The summed E-state index contributed by atoms with van der Waals surface area (Å²) in [5.41, 5.74) is 0.350. The van der Waals surface area contributed by atoms with Gasteiger partial charge in [-0.3, -0.25) is 14.3 Å². The van der Waals surface area contributed by atoms with Crippen molar-refractivity contribution in [1.82, 2.24) is 15.1 Å². The number of fused-ring (bicyclic) bond motifs is 3. The van der Waals surface area contributed by atoms with Crippen molar-refractivity contribution < 1.29 is 44.7 Å². The molecule has 0 unspecified atom stereocenters. The average molecular weight is 599 g/mol. The van der Waals surface area contributed by atoms with Crippen LogP contribution in [-0.2, 0) is 33.1 Å². The van der Waals surface area contributed by atoms with Crippen molar-refractivity contribution in [2.75, 3.05) is 23.9 Å². The highest BCUT2D eigenvalue weighted by Gasteiger charge is 2.46. The van der Waals surface area contributed by atoms with Crippen LogP contribution < -0.4 is 15.4 Å². The molecule has 2 aliphatic rings. The summed E-state index contributed by atoms with van der Waals surface area (Å²) in [6.07, 6.45) is -5.53. The quantitative estimate of drug-likeness (QED) is 0.397. The molecule has 0 fully saturated rings. The number of sulfone groups is 1. The fraction of sp³-hybridized carbons (Fsp3) is 0.346. The Hall–Kier alpha value is -4.01. The molecule has 0 radical (unpaired) electrons. The topological polar surface area (TPSA) is 119 Å². The number of aryl methyl sites for hydroxylation is 1. The van der Waals surface area contributed by atoms with Crippen LogP contribution in [-0.4, -0.2) is 54.8 Å². The molecule has 1 aliphatic heterocycles. The number of nitrogens with zero attached hydrogens (tertiary/aromatic N) is 2.